The van der Waals surface area contributed by atoms with Crippen LogP contribution >= 0.6 is 12.2 Å². The summed E-state index contributed by atoms with van der Waals surface area (Å²) in [5.74, 6) is 0.837. The summed E-state index contributed by atoms with van der Waals surface area (Å²) in [6, 6.07) is 19.7. The van der Waals surface area contributed by atoms with E-state index in [1.54, 1.807) is 6.20 Å². The van der Waals surface area contributed by atoms with Crippen molar-refractivity contribution in [1.82, 2.24) is 24.8 Å². The number of hydrogen-bond donors (Lipinski definition) is 2. The van der Waals surface area contributed by atoms with Crippen molar-refractivity contribution in [3.8, 4) is 5.82 Å². The Kier molecular flexibility index (Phi) is 7.24. The zero-order valence-electron chi connectivity index (χ0n) is 22.1. The molecule has 0 spiro atoms. The fourth-order valence-corrected chi connectivity index (χ4v) is 5.48. The lowest BCUT2D eigenvalue weighted by atomic mass is 9.96. The molecule has 194 valence electrons. The quantitative estimate of drug-likeness (QED) is 0.311. The standard InChI is InChI=1S/C30H32N6OS/c1-19-8-10-23(11-9-19)33-27(37)13-16-35-29(28(34-30(35)38)25-7-5-6-14-31-25)24-18-21(3)36(22(24)4)26-17-20(2)12-15-32-26/h5-12,14-15,17-18,28-29H,13,16H2,1-4H3,(H,33,37)(H,34,38)/t28-,29+/m0/s1. The van der Waals surface area contributed by atoms with Gasteiger partial charge in [0.25, 0.3) is 0 Å². The lowest BCUT2D eigenvalue weighted by Gasteiger charge is -2.28. The van der Waals surface area contributed by atoms with Crippen LogP contribution in [0.15, 0.2) is 73.1 Å². The van der Waals surface area contributed by atoms with Gasteiger partial charge in [0, 0.05) is 42.4 Å². The van der Waals surface area contributed by atoms with Gasteiger partial charge in [0.15, 0.2) is 5.11 Å². The summed E-state index contributed by atoms with van der Waals surface area (Å²) >= 11 is 5.82. The molecule has 4 heterocycles. The van der Waals surface area contributed by atoms with Crippen molar-refractivity contribution in [2.24, 2.45) is 0 Å². The van der Waals surface area contributed by atoms with Crippen LogP contribution in [0.5, 0.6) is 0 Å². The van der Waals surface area contributed by atoms with Gasteiger partial charge in [0.2, 0.25) is 5.91 Å². The molecular weight excluding hydrogens is 492 g/mol. The number of hydrogen-bond acceptors (Lipinski definition) is 4. The SMILES string of the molecule is Cc1ccc(NC(=O)CCN2C(=S)N[C@@H](c3ccccn3)[C@H]2c2cc(C)n(-c3cc(C)ccn3)c2C)cc1. The number of benzene rings is 1. The van der Waals surface area contributed by atoms with E-state index in [1.165, 1.54) is 0 Å². The van der Waals surface area contributed by atoms with E-state index < -0.39 is 0 Å². The number of aromatic nitrogens is 3. The molecule has 0 bridgehead atoms. The average molecular weight is 525 g/mol. The number of nitrogens with one attached hydrogen (secondary N) is 2. The van der Waals surface area contributed by atoms with Gasteiger partial charge >= 0.3 is 0 Å². The molecule has 0 saturated carbocycles. The third-order valence-corrected chi connectivity index (χ3v) is 7.38. The normalized spacial score (nSPS) is 16.9. The zero-order chi connectivity index (χ0) is 26.8. The predicted molar refractivity (Wildman–Crippen MR) is 154 cm³/mol. The van der Waals surface area contributed by atoms with Crippen LogP contribution in [-0.2, 0) is 4.79 Å². The Hall–Kier alpha value is -4.04. The van der Waals surface area contributed by atoms with E-state index in [-0.39, 0.29) is 18.0 Å². The van der Waals surface area contributed by atoms with Crippen LogP contribution in [-0.4, -0.2) is 37.0 Å². The Morgan fingerprint density at radius 2 is 1.76 bits per heavy atom. The summed E-state index contributed by atoms with van der Waals surface area (Å²) < 4.78 is 2.18. The van der Waals surface area contributed by atoms with Crippen LogP contribution < -0.4 is 10.6 Å². The topological polar surface area (TPSA) is 75.1 Å². The van der Waals surface area contributed by atoms with Gasteiger partial charge in [-0.15, -0.1) is 0 Å². The van der Waals surface area contributed by atoms with Crippen molar-refractivity contribution in [3.05, 3.63) is 107 Å². The summed E-state index contributed by atoms with van der Waals surface area (Å²) in [6.45, 7) is 8.78. The number of aryl methyl sites for hydroxylation is 3. The molecule has 1 aliphatic heterocycles. The molecule has 1 aromatic carbocycles. The van der Waals surface area contributed by atoms with Crippen LogP contribution in [0.4, 0.5) is 5.69 Å². The highest BCUT2D eigenvalue weighted by atomic mass is 32.1. The number of carbonyl (C=O) groups is 1. The van der Waals surface area contributed by atoms with E-state index >= 15 is 0 Å². The van der Waals surface area contributed by atoms with E-state index in [9.17, 15) is 4.79 Å². The molecular formula is C30H32N6OS. The monoisotopic (exact) mass is 524 g/mol. The zero-order valence-corrected chi connectivity index (χ0v) is 22.9. The molecule has 0 unspecified atom stereocenters. The number of rotatable bonds is 7. The predicted octanol–water partition coefficient (Wildman–Crippen LogP) is 5.50. The Labute approximate surface area is 228 Å². The Balaban J connectivity index is 1.46. The first-order valence-corrected chi connectivity index (χ1v) is 13.2. The molecule has 2 N–H and O–H groups in total. The minimum Gasteiger partial charge on any atom is -0.352 e. The average Bonchev–Trinajstić information content (AvgIpc) is 3.39. The lowest BCUT2D eigenvalue weighted by Crippen LogP contribution is -2.32. The second-order valence-electron chi connectivity index (χ2n) is 9.84. The van der Waals surface area contributed by atoms with Crippen molar-refractivity contribution < 1.29 is 4.79 Å². The molecule has 1 aliphatic rings. The minimum atomic E-state index is -0.150. The van der Waals surface area contributed by atoms with E-state index in [4.69, 9.17) is 12.2 Å². The highest BCUT2D eigenvalue weighted by Gasteiger charge is 2.41. The summed E-state index contributed by atoms with van der Waals surface area (Å²) in [4.78, 5) is 24.3. The highest BCUT2D eigenvalue weighted by Crippen LogP contribution is 2.41. The molecule has 2 atom stereocenters. The molecule has 0 aliphatic carbocycles. The first-order chi connectivity index (χ1) is 18.3. The summed E-state index contributed by atoms with van der Waals surface area (Å²) in [6.07, 6.45) is 3.94. The second-order valence-corrected chi connectivity index (χ2v) is 10.2. The number of amides is 1. The number of nitrogens with zero attached hydrogens (tertiary/aromatic N) is 4. The number of carbonyl (C=O) groups excluding carboxylic acids is 1. The van der Waals surface area contributed by atoms with Gasteiger partial charge in [-0.1, -0.05) is 23.8 Å². The first-order valence-electron chi connectivity index (χ1n) is 12.8. The van der Waals surface area contributed by atoms with Gasteiger partial charge in [-0.2, -0.15) is 0 Å². The van der Waals surface area contributed by atoms with E-state index in [1.807, 2.05) is 61.7 Å². The van der Waals surface area contributed by atoms with Crippen molar-refractivity contribution in [2.75, 3.05) is 11.9 Å². The van der Waals surface area contributed by atoms with Gasteiger partial charge in [-0.3, -0.25) is 9.78 Å². The molecule has 3 aromatic heterocycles. The molecule has 8 heteroatoms. The maximum atomic E-state index is 12.9. The Bertz CT molecular complexity index is 1460. The number of thiocarbonyl (C=S) groups is 1. The van der Waals surface area contributed by atoms with Crippen molar-refractivity contribution in [1.29, 1.82) is 0 Å². The van der Waals surface area contributed by atoms with Crippen molar-refractivity contribution in [2.45, 2.75) is 46.2 Å². The van der Waals surface area contributed by atoms with Crippen molar-refractivity contribution in [3.63, 3.8) is 0 Å². The van der Waals surface area contributed by atoms with Crippen molar-refractivity contribution >= 4 is 28.9 Å². The lowest BCUT2D eigenvalue weighted by molar-refractivity contribution is -0.116. The third-order valence-electron chi connectivity index (χ3n) is 7.03. The summed E-state index contributed by atoms with van der Waals surface area (Å²) in [5, 5.41) is 7.11. The van der Waals surface area contributed by atoms with Crippen LogP contribution in [0.1, 0.15) is 52.3 Å². The van der Waals surface area contributed by atoms with E-state index in [2.05, 4.69) is 63.0 Å². The molecule has 1 saturated heterocycles. The summed E-state index contributed by atoms with van der Waals surface area (Å²) in [7, 11) is 0. The van der Waals surface area contributed by atoms with Gasteiger partial charge in [0.1, 0.15) is 5.82 Å². The molecule has 7 nitrogen and oxygen atoms in total. The van der Waals surface area contributed by atoms with Crippen LogP contribution in [0.3, 0.4) is 0 Å². The molecule has 4 aromatic rings. The minimum absolute atomic E-state index is 0.0499. The summed E-state index contributed by atoms with van der Waals surface area (Å²) in [5.41, 5.74) is 7.31. The molecule has 1 fully saturated rings. The van der Waals surface area contributed by atoms with Gasteiger partial charge < -0.3 is 20.1 Å². The van der Waals surface area contributed by atoms with Gasteiger partial charge in [0.05, 0.1) is 17.8 Å². The third kappa shape index (κ3) is 5.17. The Morgan fingerprint density at radius 3 is 2.47 bits per heavy atom. The molecule has 5 rings (SSSR count). The van der Waals surface area contributed by atoms with Crippen LogP contribution in [0.25, 0.3) is 5.82 Å². The van der Waals surface area contributed by atoms with Gasteiger partial charge in [-0.05, 0) is 93.5 Å². The maximum absolute atomic E-state index is 12.9. The first kappa shape index (κ1) is 25.6. The molecule has 1 amide bonds. The fourth-order valence-electron chi connectivity index (χ4n) is 5.15. The highest BCUT2D eigenvalue weighted by molar-refractivity contribution is 7.80. The Morgan fingerprint density at radius 1 is 0.974 bits per heavy atom. The van der Waals surface area contributed by atoms with E-state index in [0.29, 0.717) is 18.1 Å². The number of anilines is 1. The second kappa shape index (κ2) is 10.8. The largest absolute Gasteiger partial charge is 0.352 e. The number of pyridine rings is 2. The van der Waals surface area contributed by atoms with Crippen LogP contribution in [0, 0.1) is 27.7 Å². The van der Waals surface area contributed by atoms with Gasteiger partial charge in [-0.25, -0.2) is 4.98 Å². The van der Waals surface area contributed by atoms with Crippen LogP contribution in [0.2, 0.25) is 0 Å². The van der Waals surface area contributed by atoms with E-state index in [0.717, 1.165) is 45.3 Å². The fraction of sp³-hybridized carbons (Fsp3) is 0.267. The maximum Gasteiger partial charge on any atom is 0.226 e. The molecule has 0 radical (unpaired) electrons. The smallest absolute Gasteiger partial charge is 0.226 e. The molecule has 38 heavy (non-hydrogen) atoms.